The molecular weight excluding hydrogens is 459 g/mol. The van der Waals surface area contributed by atoms with Crippen molar-refractivity contribution in [2.24, 2.45) is 11.8 Å². The van der Waals surface area contributed by atoms with Gasteiger partial charge in [-0.1, -0.05) is 17.7 Å². The van der Waals surface area contributed by atoms with Gasteiger partial charge in [0.05, 0.1) is 34.2 Å². The number of nitrogens with zero attached hydrogens (tertiary/aromatic N) is 1. The molecule has 0 unspecified atom stereocenters. The van der Waals surface area contributed by atoms with Gasteiger partial charge in [0, 0.05) is 13.8 Å². The Balaban J connectivity index is 1.78. The lowest BCUT2D eigenvalue weighted by Crippen LogP contribution is -2.52. The predicted octanol–water partition coefficient (Wildman–Crippen LogP) is 2.62. The Bertz CT molecular complexity index is 1060. The number of ether oxygens (including phenoxy) is 3. The first-order valence-corrected chi connectivity index (χ1v) is 9.71. The SMILES string of the molecule is CC(=O)OC(OC(C)=O)[C@@]12C=C[C@@H](O1)[C@H]1C(=O)N(c3cc(C(F)(F)F)ccc3Cl)C(=O)[C@H]12. The average molecular weight is 474 g/mol. The quantitative estimate of drug-likeness (QED) is 0.287. The lowest BCUT2D eigenvalue weighted by molar-refractivity contribution is -0.226. The summed E-state index contributed by atoms with van der Waals surface area (Å²) in [5, 5.41) is -0.244. The number of alkyl halides is 3. The van der Waals surface area contributed by atoms with Gasteiger partial charge in [0.25, 0.3) is 6.29 Å². The molecule has 0 radical (unpaired) electrons. The van der Waals surface area contributed by atoms with Crippen molar-refractivity contribution in [1.29, 1.82) is 0 Å². The van der Waals surface area contributed by atoms with E-state index in [0.717, 1.165) is 26.0 Å². The summed E-state index contributed by atoms with van der Waals surface area (Å²) in [6, 6.07) is 2.27. The van der Waals surface area contributed by atoms with Crippen LogP contribution in [0.3, 0.4) is 0 Å². The number of anilines is 1. The molecule has 2 amide bonds. The van der Waals surface area contributed by atoms with Crippen molar-refractivity contribution in [1.82, 2.24) is 0 Å². The number of benzene rings is 1. The molecule has 2 fully saturated rings. The number of rotatable bonds is 4. The van der Waals surface area contributed by atoms with Crippen LogP contribution in [0.2, 0.25) is 5.02 Å². The number of esters is 2. The molecule has 8 nitrogen and oxygen atoms in total. The van der Waals surface area contributed by atoms with Crippen molar-refractivity contribution in [3.63, 3.8) is 0 Å². The third-order valence-electron chi connectivity index (χ3n) is 5.51. The number of amides is 2. The monoisotopic (exact) mass is 473 g/mol. The summed E-state index contributed by atoms with van der Waals surface area (Å²) in [4.78, 5) is 50.2. The van der Waals surface area contributed by atoms with E-state index >= 15 is 0 Å². The summed E-state index contributed by atoms with van der Waals surface area (Å²) in [6.45, 7) is 2.10. The molecule has 170 valence electrons. The number of halogens is 4. The first-order valence-electron chi connectivity index (χ1n) is 9.33. The number of hydrogen-bond donors (Lipinski definition) is 0. The number of hydrogen-bond acceptors (Lipinski definition) is 7. The van der Waals surface area contributed by atoms with Gasteiger partial charge in [0.2, 0.25) is 11.8 Å². The highest BCUT2D eigenvalue weighted by Crippen LogP contribution is 2.55. The topological polar surface area (TPSA) is 99.2 Å². The van der Waals surface area contributed by atoms with E-state index in [1.807, 2.05) is 0 Å². The normalized spacial score (nSPS) is 28.5. The molecule has 3 aliphatic heterocycles. The zero-order valence-corrected chi connectivity index (χ0v) is 17.3. The molecule has 4 atom stereocenters. The van der Waals surface area contributed by atoms with Gasteiger partial charge >= 0.3 is 18.1 Å². The summed E-state index contributed by atoms with van der Waals surface area (Å²) in [5.41, 5.74) is -3.35. The Hall–Kier alpha value is -2.92. The van der Waals surface area contributed by atoms with Gasteiger partial charge in [-0.15, -0.1) is 0 Å². The largest absolute Gasteiger partial charge is 0.422 e. The third-order valence-corrected chi connectivity index (χ3v) is 5.83. The number of carbonyl (C=O) groups is 4. The smallest absolute Gasteiger partial charge is 0.416 e. The maximum atomic E-state index is 13.4. The minimum atomic E-state index is -4.73. The minimum Gasteiger partial charge on any atom is -0.422 e. The molecule has 0 aliphatic carbocycles. The van der Waals surface area contributed by atoms with E-state index in [1.54, 1.807) is 0 Å². The van der Waals surface area contributed by atoms with Gasteiger partial charge < -0.3 is 14.2 Å². The molecule has 0 spiro atoms. The van der Waals surface area contributed by atoms with Crippen LogP contribution in [0.5, 0.6) is 0 Å². The van der Waals surface area contributed by atoms with Crippen LogP contribution in [0, 0.1) is 11.8 Å². The second kappa shape index (κ2) is 7.31. The van der Waals surface area contributed by atoms with Crippen LogP contribution < -0.4 is 4.90 Å². The molecule has 4 rings (SSSR count). The summed E-state index contributed by atoms with van der Waals surface area (Å²) < 4.78 is 55.5. The molecule has 0 saturated carbocycles. The van der Waals surface area contributed by atoms with E-state index in [2.05, 4.69) is 0 Å². The maximum Gasteiger partial charge on any atom is 0.416 e. The van der Waals surface area contributed by atoms with Crippen LogP contribution >= 0.6 is 11.6 Å². The average Bonchev–Trinajstić information content (AvgIpc) is 3.32. The molecule has 3 heterocycles. The fraction of sp³-hybridized carbons (Fsp3) is 0.400. The highest BCUT2D eigenvalue weighted by Gasteiger charge is 2.72. The maximum absolute atomic E-state index is 13.4. The van der Waals surface area contributed by atoms with E-state index in [4.69, 9.17) is 25.8 Å². The zero-order chi connectivity index (χ0) is 23.6. The second-order valence-corrected chi connectivity index (χ2v) is 7.93. The van der Waals surface area contributed by atoms with Crippen LogP contribution in [0.15, 0.2) is 30.4 Å². The van der Waals surface area contributed by atoms with Crippen LogP contribution in [-0.4, -0.2) is 41.7 Å². The van der Waals surface area contributed by atoms with Gasteiger partial charge in [-0.3, -0.25) is 19.2 Å². The van der Waals surface area contributed by atoms with Crippen LogP contribution in [-0.2, 0) is 39.6 Å². The Labute approximate surface area is 183 Å². The van der Waals surface area contributed by atoms with Crippen molar-refractivity contribution in [2.45, 2.75) is 38.0 Å². The molecule has 1 aromatic rings. The molecule has 1 aromatic carbocycles. The van der Waals surface area contributed by atoms with Crippen molar-refractivity contribution in [3.05, 3.63) is 40.9 Å². The summed E-state index contributed by atoms with van der Waals surface area (Å²) in [6.07, 6.45) is -4.56. The third kappa shape index (κ3) is 3.27. The number of fused-ring (bicyclic) bond motifs is 5. The fourth-order valence-corrected chi connectivity index (χ4v) is 4.52. The zero-order valence-electron chi connectivity index (χ0n) is 16.5. The lowest BCUT2D eigenvalue weighted by atomic mass is 9.76. The fourth-order valence-electron chi connectivity index (χ4n) is 4.31. The Morgan fingerprint density at radius 3 is 2.34 bits per heavy atom. The van der Waals surface area contributed by atoms with Gasteiger partial charge in [-0.05, 0) is 24.3 Å². The van der Waals surface area contributed by atoms with Crippen molar-refractivity contribution in [3.8, 4) is 0 Å². The Kier molecular flexibility index (Phi) is 5.09. The standard InChI is InChI=1S/C20H15ClF3NO7/c1-8(26)30-18(31-9(2)27)19-6-5-13(32-19)14-15(19)17(29)25(16(14)28)12-7-10(20(22,23)24)3-4-11(12)21/h3-7,13-15,18H,1-2H3/t13-,14-,15+,19+/m1/s1. The van der Waals surface area contributed by atoms with E-state index in [9.17, 15) is 32.3 Å². The molecular formula is C20H15ClF3NO7. The summed E-state index contributed by atoms with van der Waals surface area (Å²) in [5.74, 6) is -5.89. The van der Waals surface area contributed by atoms with Crippen molar-refractivity contribution in [2.75, 3.05) is 4.90 Å². The number of carbonyl (C=O) groups excluding carboxylic acids is 4. The Morgan fingerprint density at radius 1 is 1.16 bits per heavy atom. The molecule has 0 N–H and O–H groups in total. The minimum absolute atomic E-state index is 0.244. The summed E-state index contributed by atoms with van der Waals surface area (Å²) >= 11 is 6.04. The molecule has 2 bridgehead atoms. The van der Waals surface area contributed by atoms with Gasteiger partial charge in [0.1, 0.15) is 0 Å². The van der Waals surface area contributed by atoms with E-state index in [0.29, 0.717) is 11.0 Å². The van der Waals surface area contributed by atoms with Crippen molar-refractivity contribution >= 4 is 41.0 Å². The Morgan fingerprint density at radius 2 is 1.78 bits per heavy atom. The highest BCUT2D eigenvalue weighted by atomic mass is 35.5. The highest BCUT2D eigenvalue weighted by molar-refractivity contribution is 6.36. The number of imide groups is 1. The molecule has 2 saturated heterocycles. The first kappa shape index (κ1) is 22.3. The van der Waals surface area contributed by atoms with Gasteiger partial charge in [-0.2, -0.15) is 13.2 Å². The van der Waals surface area contributed by atoms with Gasteiger partial charge in [0.15, 0.2) is 5.60 Å². The second-order valence-electron chi connectivity index (χ2n) is 7.53. The summed E-state index contributed by atoms with van der Waals surface area (Å²) in [7, 11) is 0. The van der Waals surface area contributed by atoms with Crippen LogP contribution in [0.25, 0.3) is 0 Å². The predicted molar refractivity (Wildman–Crippen MR) is 100.0 cm³/mol. The van der Waals surface area contributed by atoms with Gasteiger partial charge in [-0.25, -0.2) is 4.90 Å². The van der Waals surface area contributed by atoms with E-state index < -0.39 is 71.0 Å². The van der Waals surface area contributed by atoms with Crippen LogP contribution in [0.1, 0.15) is 19.4 Å². The van der Waals surface area contributed by atoms with Crippen molar-refractivity contribution < 1.29 is 46.6 Å². The lowest BCUT2D eigenvalue weighted by Gasteiger charge is -2.34. The molecule has 12 heteroatoms. The van der Waals surface area contributed by atoms with E-state index in [-0.39, 0.29) is 5.02 Å². The van der Waals surface area contributed by atoms with Crippen LogP contribution in [0.4, 0.5) is 18.9 Å². The molecule has 32 heavy (non-hydrogen) atoms. The molecule has 0 aromatic heterocycles. The molecule has 3 aliphatic rings. The first-order chi connectivity index (χ1) is 14.9. The van der Waals surface area contributed by atoms with E-state index in [1.165, 1.54) is 12.2 Å².